The van der Waals surface area contributed by atoms with E-state index in [1.165, 1.54) is 0 Å². The van der Waals surface area contributed by atoms with Gasteiger partial charge in [-0.25, -0.2) is 4.79 Å². The first-order chi connectivity index (χ1) is 8.69. The van der Waals surface area contributed by atoms with Crippen LogP contribution in [0.5, 0.6) is 0 Å². The van der Waals surface area contributed by atoms with E-state index in [2.05, 4.69) is 10.2 Å². The fourth-order valence-corrected chi connectivity index (χ4v) is 1.71. The molecule has 0 spiro atoms. The van der Waals surface area contributed by atoms with E-state index in [1.807, 2.05) is 24.3 Å². The molecule has 0 saturated heterocycles. The summed E-state index contributed by atoms with van der Waals surface area (Å²) in [6, 6.07) is 9.24. The number of aromatic nitrogens is 2. The third kappa shape index (κ3) is 3.11. The largest absolute Gasteiger partial charge is 0.461 e. The third-order valence-corrected chi connectivity index (χ3v) is 2.68. The first-order valence-corrected chi connectivity index (χ1v) is 6.02. The highest BCUT2D eigenvalue weighted by atomic mass is 35.5. The number of hydrogen-bond donors (Lipinski definition) is 1. The zero-order valence-corrected chi connectivity index (χ0v) is 10.7. The molecule has 0 saturated carbocycles. The number of carbonyl (C=O) groups excluding carboxylic acids is 1. The number of halogens is 1. The van der Waals surface area contributed by atoms with Crippen molar-refractivity contribution in [3.63, 3.8) is 0 Å². The molecular weight excluding hydrogens is 252 g/mol. The van der Waals surface area contributed by atoms with Crippen LogP contribution in [0.3, 0.4) is 0 Å². The SMILES string of the molecule is CCOC(=O)c1cc(Cc2ccc(Cl)cc2)[nH]n1. The van der Waals surface area contributed by atoms with Crippen LogP contribution in [0.15, 0.2) is 30.3 Å². The number of benzene rings is 1. The third-order valence-electron chi connectivity index (χ3n) is 2.42. The summed E-state index contributed by atoms with van der Waals surface area (Å²) in [5, 5.41) is 7.45. The van der Waals surface area contributed by atoms with Crippen LogP contribution < -0.4 is 0 Å². The molecule has 0 atom stereocenters. The molecule has 1 aromatic carbocycles. The minimum atomic E-state index is -0.406. The highest BCUT2D eigenvalue weighted by Crippen LogP contribution is 2.13. The summed E-state index contributed by atoms with van der Waals surface area (Å²) in [4.78, 5) is 11.4. The number of nitrogens with one attached hydrogen (secondary N) is 1. The Kier molecular flexibility index (Phi) is 3.99. The topological polar surface area (TPSA) is 55.0 Å². The van der Waals surface area contributed by atoms with Crippen LogP contribution in [0.4, 0.5) is 0 Å². The van der Waals surface area contributed by atoms with E-state index in [0.717, 1.165) is 11.3 Å². The maximum absolute atomic E-state index is 11.4. The Hall–Kier alpha value is -1.81. The van der Waals surface area contributed by atoms with Crippen molar-refractivity contribution >= 4 is 17.6 Å². The molecule has 4 nitrogen and oxygen atoms in total. The maximum atomic E-state index is 11.4. The molecule has 1 heterocycles. The van der Waals surface area contributed by atoms with Crippen molar-refractivity contribution in [1.29, 1.82) is 0 Å². The normalized spacial score (nSPS) is 10.3. The van der Waals surface area contributed by atoms with Gasteiger partial charge in [0.25, 0.3) is 0 Å². The molecule has 2 aromatic rings. The molecule has 0 radical (unpaired) electrons. The smallest absolute Gasteiger partial charge is 0.358 e. The van der Waals surface area contributed by atoms with Crippen molar-refractivity contribution in [2.24, 2.45) is 0 Å². The van der Waals surface area contributed by atoms with Crippen LogP contribution in [-0.2, 0) is 11.2 Å². The Bertz CT molecular complexity index is 534. The molecule has 0 aliphatic heterocycles. The van der Waals surface area contributed by atoms with Crippen molar-refractivity contribution in [3.8, 4) is 0 Å². The summed E-state index contributed by atoms with van der Waals surface area (Å²) < 4.78 is 4.87. The second-order valence-corrected chi connectivity index (χ2v) is 4.24. The number of H-pyrrole nitrogens is 1. The lowest BCUT2D eigenvalue weighted by atomic mass is 10.1. The first kappa shape index (κ1) is 12.6. The highest BCUT2D eigenvalue weighted by Gasteiger charge is 2.11. The number of aromatic amines is 1. The van der Waals surface area contributed by atoms with Gasteiger partial charge in [-0.05, 0) is 30.7 Å². The summed E-state index contributed by atoms with van der Waals surface area (Å²) in [5.41, 5.74) is 2.26. The number of ether oxygens (including phenoxy) is 1. The van der Waals surface area contributed by atoms with E-state index in [1.54, 1.807) is 13.0 Å². The summed E-state index contributed by atoms with van der Waals surface area (Å²) in [6.07, 6.45) is 0.670. The van der Waals surface area contributed by atoms with Gasteiger partial charge in [0.05, 0.1) is 6.61 Å². The Morgan fingerprint density at radius 2 is 2.11 bits per heavy atom. The van der Waals surface area contributed by atoms with Crippen LogP contribution in [0, 0.1) is 0 Å². The van der Waals surface area contributed by atoms with Gasteiger partial charge >= 0.3 is 5.97 Å². The number of nitrogens with zero attached hydrogens (tertiary/aromatic N) is 1. The van der Waals surface area contributed by atoms with Gasteiger partial charge in [-0.2, -0.15) is 5.10 Å². The van der Waals surface area contributed by atoms with E-state index >= 15 is 0 Å². The molecular formula is C13H13ClN2O2. The molecule has 0 amide bonds. The summed E-state index contributed by atoms with van der Waals surface area (Å²) in [7, 11) is 0. The number of hydrogen-bond acceptors (Lipinski definition) is 3. The van der Waals surface area contributed by atoms with Crippen molar-refractivity contribution in [2.45, 2.75) is 13.3 Å². The Morgan fingerprint density at radius 1 is 1.39 bits per heavy atom. The summed E-state index contributed by atoms with van der Waals surface area (Å²) in [5.74, 6) is -0.406. The van der Waals surface area contributed by atoms with Gasteiger partial charge in [-0.1, -0.05) is 23.7 Å². The average Bonchev–Trinajstić information content (AvgIpc) is 2.81. The second kappa shape index (κ2) is 5.69. The zero-order valence-electron chi connectivity index (χ0n) is 9.94. The van der Waals surface area contributed by atoms with Crippen LogP contribution in [0.25, 0.3) is 0 Å². The molecule has 1 N–H and O–H groups in total. The fraction of sp³-hybridized carbons (Fsp3) is 0.231. The lowest BCUT2D eigenvalue weighted by molar-refractivity contribution is 0.0519. The van der Waals surface area contributed by atoms with Gasteiger partial charge in [0.2, 0.25) is 0 Å². The quantitative estimate of drug-likeness (QED) is 0.864. The Labute approximate surface area is 110 Å². The number of carbonyl (C=O) groups is 1. The average molecular weight is 265 g/mol. The van der Waals surface area contributed by atoms with Gasteiger partial charge in [0.1, 0.15) is 0 Å². The van der Waals surface area contributed by atoms with E-state index < -0.39 is 5.97 Å². The van der Waals surface area contributed by atoms with Gasteiger partial charge < -0.3 is 4.74 Å². The van der Waals surface area contributed by atoms with Crippen molar-refractivity contribution < 1.29 is 9.53 Å². The molecule has 0 aliphatic rings. The Morgan fingerprint density at radius 3 is 2.78 bits per heavy atom. The van der Waals surface area contributed by atoms with E-state index in [4.69, 9.17) is 16.3 Å². The molecule has 0 bridgehead atoms. The van der Waals surface area contributed by atoms with Crippen LogP contribution in [0.1, 0.15) is 28.7 Å². The van der Waals surface area contributed by atoms with Crippen molar-refractivity contribution in [2.75, 3.05) is 6.61 Å². The standard InChI is InChI=1S/C13H13ClN2O2/c1-2-18-13(17)12-8-11(15-16-12)7-9-3-5-10(14)6-4-9/h3-6,8H,2,7H2,1H3,(H,15,16). The first-order valence-electron chi connectivity index (χ1n) is 5.65. The van der Waals surface area contributed by atoms with Crippen molar-refractivity contribution in [3.05, 3.63) is 52.3 Å². The van der Waals surface area contributed by atoms with Gasteiger partial charge in [-0.3, -0.25) is 5.10 Å². The molecule has 2 rings (SSSR count). The van der Waals surface area contributed by atoms with Gasteiger partial charge in [0, 0.05) is 17.1 Å². The molecule has 0 aliphatic carbocycles. The molecule has 5 heteroatoms. The maximum Gasteiger partial charge on any atom is 0.358 e. The number of esters is 1. The van der Waals surface area contributed by atoms with E-state index in [9.17, 15) is 4.79 Å². The van der Waals surface area contributed by atoms with Crippen LogP contribution >= 0.6 is 11.6 Å². The van der Waals surface area contributed by atoms with E-state index in [0.29, 0.717) is 23.7 Å². The highest BCUT2D eigenvalue weighted by molar-refractivity contribution is 6.30. The summed E-state index contributed by atoms with van der Waals surface area (Å²) in [6.45, 7) is 2.11. The molecule has 1 aromatic heterocycles. The second-order valence-electron chi connectivity index (χ2n) is 3.80. The lowest BCUT2D eigenvalue weighted by Crippen LogP contribution is -2.04. The molecule has 0 fully saturated rings. The number of rotatable bonds is 4. The van der Waals surface area contributed by atoms with Crippen LogP contribution in [0.2, 0.25) is 5.02 Å². The zero-order chi connectivity index (χ0) is 13.0. The lowest BCUT2D eigenvalue weighted by Gasteiger charge is -1.98. The minimum absolute atomic E-state index is 0.306. The fourth-order valence-electron chi connectivity index (χ4n) is 1.58. The van der Waals surface area contributed by atoms with E-state index in [-0.39, 0.29) is 0 Å². The minimum Gasteiger partial charge on any atom is -0.461 e. The molecule has 94 valence electrons. The summed E-state index contributed by atoms with van der Waals surface area (Å²) >= 11 is 5.81. The molecule has 0 unspecified atom stereocenters. The van der Waals surface area contributed by atoms with Gasteiger partial charge in [-0.15, -0.1) is 0 Å². The predicted octanol–water partition coefficient (Wildman–Crippen LogP) is 2.83. The predicted molar refractivity (Wildman–Crippen MR) is 68.8 cm³/mol. The van der Waals surface area contributed by atoms with Crippen LogP contribution in [-0.4, -0.2) is 22.8 Å². The Balaban J connectivity index is 2.06. The van der Waals surface area contributed by atoms with Crippen molar-refractivity contribution in [1.82, 2.24) is 10.2 Å². The van der Waals surface area contributed by atoms with Gasteiger partial charge in [0.15, 0.2) is 5.69 Å². The monoisotopic (exact) mass is 264 g/mol. The molecule has 18 heavy (non-hydrogen) atoms.